The summed E-state index contributed by atoms with van der Waals surface area (Å²) in [6.45, 7) is 5.35. The van der Waals surface area contributed by atoms with E-state index in [4.69, 9.17) is 16.3 Å². The zero-order chi connectivity index (χ0) is 13.1. The highest BCUT2D eigenvalue weighted by Crippen LogP contribution is 2.17. The molecule has 1 amide bonds. The number of halogens is 1. The molecule has 0 bridgehead atoms. The highest BCUT2D eigenvalue weighted by atomic mass is 35.5. The Labute approximate surface area is 111 Å². The number of ether oxygens (including phenoxy) is 1. The van der Waals surface area contributed by atoms with Gasteiger partial charge in [0.1, 0.15) is 0 Å². The van der Waals surface area contributed by atoms with Crippen molar-refractivity contribution in [1.29, 1.82) is 0 Å². The fourth-order valence-electron chi connectivity index (χ4n) is 2.08. The maximum Gasteiger partial charge on any atom is 0.273 e. The average Bonchev–Trinajstić information content (AvgIpc) is 2.97. The molecule has 1 fully saturated rings. The molecule has 1 N–H and O–H groups in total. The van der Waals surface area contributed by atoms with E-state index in [2.05, 4.69) is 10.4 Å². The Kier molecular flexibility index (Phi) is 4.24. The zero-order valence-corrected chi connectivity index (χ0v) is 11.4. The maximum atomic E-state index is 12.0. The largest absolute Gasteiger partial charge is 0.376 e. The van der Waals surface area contributed by atoms with Crippen LogP contribution in [-0.4, -0.2) is 34.4 Å². The van der Waals surface area contributed by atoms with Gasteiger partial charge in [0.25, 0.3) is 5.91 Å². The van der Waals surface area contributed by atoms with Crippen LogP contribution in [-0.2, 0) is 11.3 Å². The first kappa shape index (κ1) is 13.4. The summed E-state index contributed by atoms with van der Waals surface area (Å²) >= 11 is 5.99. The van der Waals surface area contributed by atoms with E-state index >= 15 is 0 Å². The minimum atomic E-state index is -0.241. The summed E-state index contributed by atoms with van der Waals surface area (Å²) in [5.41, 5.74) is 0.281. The Morgan fingerprint density at radius 1 is 1.78 bits per heavy atom. The number of aryl methyl sites for hydroxylation is 1. The fraction of sp³-hybridized carbons (Fsp3) is 0.667. The topological polar surface area (TPSA) is 56.2 Å². The van der Waals surface area contributed by atoms with Gasteiger partial charge in [-0.1, -0.05) is 11.6 Å². The van der Waals surface area contributed by atoms with E-state index in [1.54, 1.807) is 10.9 Å². The van der Waals surface area contributed by atoms with Crippen LogP contribution in [0.1, 0.15) is 37.2 Å². The number of amides is 1. The Morgan fingerprint density at radius 2 is 2.56 bits per heavy atom. The van der Waals surface area contributed by atoms with Crippen LogP contribution in [0.25, 0.3) is 0 Å². The van der Waals surface area contributed by atoms with Gasteiger partial charge < -0.3 is 10.1 Å². The highest BCUT2D eigenvalue weighted by molar-refractivity contribution is 6.33. The third kappa shape index (κ3) is 2.84. The summed E-state index contributed by atoms with van der Waals surface area (Å²) < 4.78 is 7.18. The van der Waals surface area contributed by atoms with Gasteiger partial charge in [0.2, 0.25) is 0 Å². The fourth-order valence-corrected chi connectivity index (χ4v) is 2.31. The molecular weight excluding hydrogens is 254 g/mol. The second kappa shape index (κ2) is 5.71. The molecule has 100 valence electrons. The standard InChI is InChI=1S/C12H18ClN3O2/c1-3-16-7-9(13)11(15-16)12(17)14-8(2)10-5-4-6-18-10/h7-8,10H,3-6H2,1-2H3,(H,14,17)/t8-,10+/m1/s1. The molecule has 0 saturated carbocycles. The molecule has 2 atom stereocenters. The number of aromatic nitrogens is 2. The van der Waals surface area contributed by atoms with E-state index in [0.29, 0.717) is 11.6 Å². The van der Waals surface area contributed by atoms with E-state index in [9.17, 15) is 4.79 Å². The van der Waals surface area contributed by atoms with Gasteiger partial charge in [-0.25, -0.2) is 0 Å². The molecule has 5 nitrogen and oxygen atoms in total. The van der Waals surface area contributed by atoms with Crippen LogP contribution in [0.4, 0.5) is 0 Å². The second-order valence-corrected chi connectivity index (χ2v) is 4.90. The number of nitrogens with zero attached hydrogens (tertiary/aromatic N) is 2. The third-order valence-electron chi connectivity index (χ3n) is 3.14. The van der Waals surface area contributed by atoms with Gasteiger partial charge in [-0.05, 0) is 26.7 Å². The second-order valence-electron chi connectivity index (χ2n) is 4.49. The van der Waals surface area contributed by atoms with Crippen molar-refractivity contribution >= 4 is 17.5 Å². The SMILES string of the molecule is CCn1cc(Cl)c(C(=O)N[C@H](C)[C@@H]2CCCO2)n1. The van der Waals surface area contributed by atoms with Gasteiger partial charge in [-0.15, -0.1) is 0 Å². The molecular formula is C12H18ClN3O2. The predicted molar refractivity (Wildman–Crippen MR) is 68.8 cm³/mol. The molecule has 2 heterocycles. The van der Waals surface area contributed by atoms with Crippen LogP contribution in [0.2, 0.25) is 5.02 Å². The van der Waals surface area contributed by atoms with E-state index in [1.165, 1.54) is 0 Å². The van der Waals surface area contributed by atoms with Crippen LogP contribution in [0.5, 0.6) is 0 Å². The molecule has 1 aliphatic heterocycles. The quantitative estimate of drug-likeness (QED) is 0.909. The molecule has 0 aliphatic carbocycles. The molecule has 0 radical (unpaired) electrons. The van der Waals surface area contributed by atoms with Gasteiger partial charge in [0.05, 0.1) is 17.2 Å². The molecule has 1 saturated heterocycles. The normalized spacial score (nSPS) is 20.9. The summed E-state index contributed by atoms with van der Waals surface area (Å²) in [7, 11) is 0. The van der Waals surface area contributed by atoms with Crippen molar-refractivity contribution in [3.05, 3.63) is 16.9 Å². The van der Waals surface area contributed by atoms with Crippen molar-refractivity contribution in [2.45, 2.75) is 45.4 Å². The van der Waals surface area contributed by atoms with Crippen LogP contribution in [0.15, 0.2) is 6.20 Å². The minimum Gasteiger partial charge on any atom is -0.376 e. The van der Waals surface area contributed by atoms with E-state index in [1.807, 2.05) is 13.8 Å². The number of carbonyl (C=O) groups excluding carboxylic acids is 1. The first-order valence-corrected chi connectivity index (χ1v) is 6.65. The van der Waals surface area contributed by atoms with Crippen molar-refractivity contribution in [3.8, 4) is 0 Å². The van der Waals surface area contributed by atoms with Crippen molar-refractivity contribution in [1.82, 2.24) is 15.1 Å². The Hall–Kier alpha value is -1.07. The number of nitrogens with one attached hydrogen (secondary N) is 1. The predicted octanol–water partition coefficient (Wildman–Crippen LogP) is 1.85. The van der Waals surface area contributed by atoms with Crippen molar-refractivity contribution in [2.75, 3.05) is 6.61 Å². The molecule has 18 heavy (non-hydrogen) atoms. The number of hydrogen-bond acceptors (Lipinski definition) is 3. The molecule has 2 rings (SSSR count). The highest BCUT2D eigenvalue weighted by Gasteiger charge is 2.25. The summed E-state index contributed by atoms with van der Waals surface area (Å²) in [6.07, 6.45) is 3.79. The zero-order valence-electron chi connectivity index (χ0n) is 10.6. The Balaban J connectivity index is 1.99. The van der Waals surface area contributed by atoms with Gasteiger partial charge in [-0.3, -0.25) is 9.48 Å². The first-order valence-electron chi connectivity index (χ1n) is 6.27. The lowest BCUT2D eigenvalue weighted by Gasteiger charge is -2.19. The molecule has 1 aromatic rings. The van der Waals surface area contributed by atoms with Gasteiger partial charge in [0.15, 0.2) is 5.69 Å². The van der Waals surface area contributed by atoms with Gasteiger partial charge in [-0.2, -0.15) is 5.10 Å². The first-order chi connectivity index (χ1) is 8.61. The smallest absolute Gasteiger partial charge is 0.273 e. The monoisotopic (exact) mass is 271 g/mol. The molecule has 1 aliphatic rings. The molecule has 0 unspecified atom stereocenters. The average molecular weight is 272 g/mol. The number of carbonyl (C=O) groups is 1. The molecule has 6 heteroatoms. The van der Waals surface area contributed by atoms with E-state index in [-0.39, 0.29) is 23.7 Å². The Bertz CT molecular complexity index is 427. The summed E-state index contributed by atoms with van der Waals surface area (Å²) in [4.78, 5) is 12.0. The van der Waals surface area contributed by atoms with E-state index in [0.717, 1.165) is 19.4 Å². The summed E-state index contributed by atoms with van der Waals surface area (Å²) in [5.74, 6) is -0.241. The number of rotatable bonds is 4. The maximum absolute atomic E-state index is 12.0. The molecule has 0 aromatic carbocycles. The van der Waals surface area contributed by atoms with Gasteiger partial charge >= 0.3 is 0 Å². The third-order valence-corrected chi connectivity index (χ3v) is 3.41. The van der Waals surface area contributed by atoms with Gasteiger partial charge in [0, 0.05) is 19.3 Å². The van der Waals surface area contributed by atoms with Crippen LogP contribution in [0.3, 0.4) is 0 Å². The van der Waals surface area contributed by atoms with Crippen molar-refractivity contribution in [2.24, 2.45) is 0 Å². The lowest BCUT2D eigenvalue weighted by molar-refractivity contribution is 0.0709. The van der Waals surface area contributed by atoms with E-state index < -0.39 is 0 Å². The van der Waals surface area contributed by atoms with Crippen LogP contribution >= 0.6 is 11.6 Å². The molecule has 1 aromatic heterocycles. The molecule has 0 spiro atoms. The van der Waals surface area contributed by atoms with Crippen molar-refractivity contribution < 1.29 is 9.53 Å². The number of hydrogen-bond donors (Lipinski definition) is 1. The minimum absolute atomic E-state index is 0.0251. The summed E-state index contributed by atoms with van der Waals surface area (Å²) in [5, 5.41) is 7.42. The van der Waals surface area contributed by atoms with Crippen LogP contribution in [0, 0.1) is 0 Å². The lowest BCUT2D eigenvalue weighted by Crippen LogP contribution is -2.41. The lowest BCUT2D eigenvalue weighted by atomic mass is 10.1. The Morgan fingerprint density at radius 3 is 3.11 bits per heavy atom. The van der Waals surface area contributed by atoms with Crippen molar-refractivity contribution in [3.63, 3.8) is 0 Å². The summed E-state index contributed by atoms with van der Waals surface area (Å²) in [6, 6.07) is -0.0251. The van der Waals surface area contributed by atoms with Crippen LogP contribution < -0.4 is 5.32 Å².